The molecule has 0 aliphatic carbocycles. The lowest BCUT2D eigenvalue weighted by Crippen LogP contribution is -2.30. The zero-order valence-corrected chi connectivity index (χ0v) is 14.8. The number of nitro benzene ring substituents is 1. The van der Waals surface area contributed by atoms with E-state index in [1.807, 2.05) is 11.8 Å². The molecule has 0 radical (unpaired) electrons. The van der Waals surface area contributed by atoms with E-state index in [2.05, 4.69) is 0 Å². The lowest BCUT2D eigenvalue weighted by molar-refractivity contribution is -0.384. The summed E-state index contributed by atoms with van der Waals surface area (Å²) in [7, 11) is -1.95. The molecule has 2 aromatic rings. The van der Waals surface area contributed by atoms with Crippen LogP contribution in [0, 0.1) is 10.1 Å². The van der Waals surface area contributed by atoms with E-state index in [-0.39, 0.29) is 29.8 Å². The molecule has 0 saturated heterocycles. The van der Waals surface area contributed by atoms with E-state index in [0.717, 1.165) is 5.56 Å². The highest BCUT2D eigenvalue weighted by Gasteiger charge is 2.19. The third kappa shape index (κ3) is 5.54. The molecular formula is C17H20N2O5S. The normalized spacial score (nSPS) is 12.8. The van der Waals surface area contributed by atoms with Gasteiger partial charge in [0, 0.05) is 24.7 Å². The molecule has 0 aliphatic rings. The summed E-state index contributed by atoms with van der Waals surface area (Å²) in [6.45, 7) is 2.10. The van der Waals surface area contributed by atoms with E-state index < -0.39 is 15.0 Å². The fourth-order valence-corrected chi connectivity index (χ4v) is 3.27. The molecule has 0 fully saturated rings. The fraction of sp³-hybridized carbons (Fsp3) is 0.294. The summed E-state index contributed by atoms with van der Waals surface area (Å²) in [5, 5.41) is 10.9. The van der Waals surface area contributed by atoms with Crippen molar-refractivity contribution in [2.45, 2.75) is 13.0 Å². The highest BCUT2D eigenvalue weighted by Crippen LogP contribution is 2.23. The quantitative estimate of drug-likeness (QED) is 0.406. The SMILES string of the molecule is CC(c1cccc([N+](=O)[O-])c1)N(C)CCS(=O)(=O)Oc1ccccc1. The lowest BCUT2D eigenvalue weighted by atomic mass is 10.1. The van der Waals surface area contributed by atoms with E-state index in [1.165, 1.54) is 12.1 Å². The molecule has 7 nitrogen and oxygen atoms in total. The summed E-state index contributed by atoms with van der Waals surface area (Å²) in [5.74, 6) is 0.0920. The van der Waals surface area contributed by atoms with Crippen LogP contribution in [0.4, 0.5) is 5.69 Å². The van der Waals surface area contributed by atoms with Crippen molar-refractivity contribution in [1.82, 2.24) is 4.90 Å². The Morgan fingerprint density at radius 3 is 2.48 bits per heavy atom. The van der Waals surface area contributed by atoms with Gasteiger partial charge in [0.25, 0.3) is 5.69 Å². The largest absolute Gasteiger partial charge is 0.382 e. The van der Waals surface area contributed by atoms with Crippen LogP contribution >= 0.6 is 0 Å². The van der Waals surface area contributed by atoms with Gasteiger partial charge in [-0.25, -0.2) is 0 Å². The van der Waals surface area contributed by atoms with Gasteiger partial charge >= 0.3 is 10.1 Å². The van der Waals surface area contributed by atoms with E-state index in [1.54, 1.807) is 49.5 Å². The molecule has 0 amide bonds. The van der Waals surface area contributed by atoms with Crippen molar-refractivity contribution in [3.63, 3.8) is 0 Å². The van der Waals surface area contributed by atoms with Gasteiger partial charge in [0.1, 0.15) is 5.75 Å². The Hall–Kier alpha value is -2.45. The highest BCUT2D eigenvalue weighted by molar-refractivity contribution is 7.87. The van der Waals surface area contributed by atoms with Gasteiger partial charge in [0.15, 0.2) is 0 Å². The summed E-state index contributed by atoms with van der Waals surface area (Å²) in [5.41, 5.74) is 0.760. The van der Waals surface area contributed by atoms with Gasteiger partial charge in [-0.15, -0.1) is 0 Å². The van der Waals surface area contributed by atoms with Gasteiger partial charge in [-0.1, -0.05) is 30.3 Å². The second-order valence-electron chi connectivity index (χ2n) is 5.67. The molecule has 1 atom stereocenters. The van der Waals surface area contributed by atoms with Crippen molar-refractivity contribution in [2.24, 2.45) is 0 Å². The first kappa shape index (κ1) is 18.9. The van der Waals surface area contributed by atoms with Crippen molar-refractivity contribution in [1.29, 1.82) is 0 Å². The molecular weight excluding hydrogens is 344 g/mol. The molecule has 0 aliphatic heterocycles. The van der Waals surface area contributed by atoms with Crippen LogP contribution in [-0.4, -0.2) is 37.6 Å². The predicted molar refractivity (Wildman–Crippen MR) is 95.0 cm³/mol. The lowest BCUT2D eigenvalue weighted by Gasteiger charge is -2.24. The first-order valence-corrected chi connectivity index (χ1v) is 9.28. The monoisotopic (exact) mass is 364 g/mol. The number of nitrogens with zero attached hydrogens (tertiary/aromatic N) is 2. The van der Waals surface area contributed by atoms with E-state index in [0.29, 0.717) is 0 Å². The first-order chi connectivity index (χ1) is 11.8. The van der Waals surface area contributed by atoms with E-state index in [9.17, 15) is 18.5 Å². The van der Waals surface area contributed by atoms with E-state index >= 15 is 0 Å². The zero-order chi connectivity index (χ0) is 18.4. The van der Waals surface area contributed by atoms with Crippen molar-refractivity contribution in [3.05, 3.63) is 70.3 Å². The van der Waals surface area contributed by atoms with Gasteiger partial charge in [0.05, 0.1) is 10.7 Å². The van der Waals surface area contributed by atoms with E-state index in [4.69, 9.17) is 4.18 Å². The molecule has 0 heterocycles. The van der Waals surface area contributed by atoms with Crippen LogP contribution in [0.25, 0.3) is 0 Å². The average molecular weight is 364 g/mol. The molecule has 2 rings (SSSR count). The maximum atomic E-state index is 12.1. The topological polar surface area (TPSA) is 89.8 Å². The van der Waals surface area contributed by atoms with Gasteiger partial charge in [-0.2, -0.15) is 8.42 Å². The molecule has 134 valence electrons. The first-order valence-electron chi connectivity index (χ1n) is 7.70. The van der Waals surface area contributed by atoms with Gasteiger partial charge in [-0.3, -0.25) is 15.0 Å². The predicted octanol–water partition coefficient (Wildman–Crippen LogP) is 3.00. The molecule has 0 N–H and O–H groups in total. The van der Waals surface area contributed by atoms with Crippen molar-refractivity contribution >= 4 is 15.8 Å². The highest BCUT2D eigenvalue weighted by atomic mass is 32.2. The summed E-state index contributed by atoms with van der Waals surface area (Å²) in [4.78, 5) is 12.2. The second kappa shape index (κ2) is 8.09. The second-order valence-corrected chi connectivity index (χ2v) is 7.36. The third-order valence-corrected chi connectivity index (χ3v) is 5.01. The number of non-ortho nitro benzene ring substituents is 1. The van der Waals surface area contributed by atoms with Crippen LogP contribution in [-0.2, 0) is 10.1 Å². The Morgan fingerprint density at radius 2 is 1.84 bits per heavy atom. The number of nitro groups is 1. The van der Waals surface area contributed by atoms with Gasteiger partial charge < -0.3 is 4.18 Å². The Bertz CT molecular complexity index is 824. The van der Waals surface area contributed by atoms with Crippen LogP contribution < -0.4 is 4.18 Å². The van der Waals surface area contributed by atoms with Crippen molar-refractivity contribution in [3.8, 4) is 5.75 Å². The van der Waals surface area contributed by atoms with Crippen LogP contribution in [0.2, 0.25) is 0 Å². The Kier molecular flexibility index (Phi) is 6.11. The summed E-state index contributed by atoms with van der Waals surface area (Å²) >= 11 is 0. The summed E-state index contributed by atoms with van der Waals surface area (Å²) in [6, 6.07) is 14.5. The molecule has 25 heavy (non-hydrogen) atoms. The molecule has 2 aromatic carbocycles. The molecule has 0 saturated carbocycles. The average Bonchev–Trinajstić information content (AvgIpc) is 2.59. The number of rotatable bonds is 8. The molecule has 0 bridgehead atoms. The number of benzene rings is 2. The zero-order valence-electron chi connectivity index (χ0n) is 14.0. The number of hydrogen-bond acceptors (Lipinski definition) is 6. The van der Waals surface area contributed by atoms with Crippen LogP contribution in [0.5, 0.6) is 5.75 Å². The fourth-order valence-electron chi connectivity index (χ4n) is 2.27. The minimum atomic E-state index is -3.72. The number of hydrogen-bond donors (Lipinski definition) is 0. The third-order valence-electron chi connectivity index (χ3n) is 3.88. The van der Waals surface area contributed by atoms with Crippen LogP contribution in [0.3, 0.4) is 0 Å². The van der Waals surface area contributed by atoms with Crippen LogP contribution in [0.1, 0.15) is 18.5 Å². The molecule has 0 aromatic heterocycles. The maximum absolute atomic E-state index is 12.1. The maximum Gasteiger partial charge on any atom is 0.310 e. The smallest absolute Gasteiger partial charge is 0.310 e. The van der Waals surface area contributed by atoms with Crippen LogP contribution in [0.15, 0.2) is 54.6 Å². The summed E-state index contributed by atoms with van der Waals surface area (Å²) in [6.07, 6.45) is 0. The number of para-hydroxylation sites is 1. The Balaban J connectivity index is 1.98. The summed E-state index contributed by atoms with van der Waals surface area (Å²) < 4.78 is 29.2. The minimum Gasteiger partial charge on any atom is -0.382 e. The van der Waals surface area contributed by atoms with Gasteiger partial charge in [0.2, 0.25) is 0 Å². The molecule has 1 unspecified atom stereocenters. The standard InChI is InChI=1S/C17H20N2O5S/c1-14(15-7-6-8-16(13-15)19(20)21)18(2)11-12-25(22,23)24-17-9-4-3-5-10-17/h3-10,13-14H,11-12H2,1-2H3. The molecule has 0 spiro atoms. The van der Waals surface area contributed by atoms with Crippen molar-refractivity contribution in [2.75, 3.05) is 19.3 Å². The minimum absolute atomic E-state index is 0.0118. The van der Waals surface area contributed by atoms with Crippen molar-refractivity contribution < 1.29 is 17.5 Å². The Labute approximate surface area is 147 Å². The molecule has 8 heteroatoms. The Morgan fingerprint density at radius 1 is 1.16 bits per heavy atom. The van der Waals surface area contributed by atoms with Gasteiger partial charge in [-0.05, 0) is 31.7 Å².